The number of carbonyl (C=O) groups excluding carboxylic acids is 1. The zero-order valence-corrected chi connectivity index (χ0v) is 14.3. The Kier molecular flexibility index (Phi) is 4.69. The van der Waals surface area contributed by atoms with Gasteiger partial charge in [0, 0.05) is 0 Å². The second-order valence-corrected chi connectivity index (χ2v) is 6.73. The molecule has 120 valence electrons. The third-order valence-corrected chi connectivity index (χ3v) is 4.60. The summed E-state index contributed by atoms with van der Waals surface area (Å²) in [5, 5.41) is 0. The Morgan fingerprint density at radius 3 is 2.09 bits per heavy atom. The molecule has 4 nitrogen and oxygen atoms in total. The van der Waals surface area contributed by atoms with Crippen LogP contribution in [0.3, 0.4) is 0 Å². The smallest absolute Gasteiger partial charge is 0.466 e. The zero-order chi connectivity index (χ0) is 16.5. The fraction of sp³-hybridized carbons (Fsp3) is 0.588. The van der Waals surface area contributed by atoms with E-state index in [2.05, 4.69) is 0 Å². The van der Waals surface area contributed by atoms with E-state index in [0.717, 1.165) is 11.0 Å². The molecule has 1 fully saturated rings. The van der Waals surface area contributed by atoms with Gasteiger partial charge in [-0.2, -0.15) is 0 Å². The van der Waals surface area contributed by atoms with Crippen LogP contribution in [-0.4, -0.2) is 30.9 Å². The predicted molar refractivity (Wildman–Crippen MR) is 87.2 cm³/mol. The third kappa shape index (κ3) is 3.20. The Labute approximate surface area is 133 Å². The van der Waals surface area contributed by atoms with Crippen LogP contribution in [-0.2, 0) is 18.8 Å². The van der Waals surface area contributed by atoms with Crippen LogP contribution in [0.1, 0.15) is 53.0 Å². The molecule has 0 spiro atoms. The van der Waals surface area contributed by atoms with Gasteiger partial charge in [-0.05, 0) is 52.6 Å². The standard InChI is InChI=1S/C17H25BO4/c1-7-20-15(19)12(2)13-8-10-14(11-9-13)18-21-16(3,4)17(5,6)22-18/h8-12H,7H2,1-6H3/t12-/m1/s1. The minimum absolute atomic E-state index is 0.203. The molecular weight excluding hydrogens is 279 g/mol. The van der Waals surface area contributed by atoms with Gasteiger partial charge >= 0.3 is 13.1 Å². The number of ether oxygens (including phenoxy) is 1. The molecular formula is C17H25BO4. The van der Waals surface area contributed by atoms with Crippen LogP contribution >= 0.6 is 0 Å². The van der Waals surface area contributed by atoms with Crippen molar-refractivity contribution in [2.45, 2.75) is 58.7 Å². The van der Waals surface area contributed by atoms with Crippen LogP contribution in [0.2, 0.25) is 0 Å². The van der Waals surface area contributed by atoms with Crippen LogP contribution in [0.15, 0.2) is 24.3 Å². The summed E-state index contributed by atoms with van der Waals surface area (Å²) in [4.78, 5) is 11.8. The molecule has 5 heteroatoms. The van der Waals surface area contributed by atoms with Gasteiger partial charge in [-0.15, -0.1) is 0 Å². The molecule has 0 amide bonds. The minimum atomic E-state index is -0.378. The predicted octanol–water partition coefficient (Wildman–Crippen LogP) is 2.65. The lowest BCUT2D eigenvalue weighted by molar-refractivity contribution is -0.144. The normalized spacial score (nSPS) is 20.7. The van der Waals surface area contributed by atoms with Crippen LogP contribution in [0.5, 0.6) is 0 Å². The highest BCUT2D eigenvalue weighted by Gasteiger charge is 2.51. The molecule has 0 N–H and O–H groups in total. The first-order chi connectivity index (χ1) is 10.2. The first kappa shape index (κ1) is 17.0. The third-order valence-electron chi connectivity index (χ3n) is 4.60. The molecule has 1 aromatic carbocycles. The largest absolute Gasteiger partial charge is 0.494 e. The van der Waals surface area contributed by atoms with E-state index in [1.807, 2.05) is 65.8 Å². The summed E-state index contributed by atoms with van der Waals surface area (Å²) in [6.45, 7) is 12.2. The van der Waals surface area contributed by atoms with E-state index in [-0.39, 0.29) is 30.2 Å². The van der Waals surface area contributed by atoms with E-state index >= 15 is 0 Å². The van der Waals surface area contributed by atoms with Crippen molar-refractivity contribution in [3.8, 4) is 0 Å². The van der Waals surface area contributed by atoms with Crippen molar-refractivity contribution in [3.05, 3.63) is 29.8 Å². The lowest BCUT2D eigenvalue weighted by Crippen LogP contribution is -2.41. The maximum Gasteiger partial charge on any atom is 0.494 e. The van der Waals surface area contributed by atoms with Crippen molar-refractivity contribution in [1.82, 2.24) is 0 Å². The highest BCUT2D eigenvalue weighted by molar-refractivity contribution is 6.62. The molecule has 22 heavy (non-hydrogen) atoms. The number of benzene rings is 1. The molecule has 0 saturated carbocycles. The molecule has 0 unspecified atom stereocenters. The molecule has 0 aliphatic carbocycles. The Hall–Kier alpha value is -1.33. The Balaban J connectivity index is 2.12. The van der Waals surface area contributed by atoms with E-state index in [0.29, 0.717) is 6.61 Å². The molecule has 1 aliphatic rings. The lowest BCUT2D eigenvalue weighted by Gasteiger charge is -2.32. The van der Waals surface area contributed by atoms with Crippen molar-refractivity contribution in [2.75, 3.05) is 6.61 Å². The van der Waals surface area contributed by atoms with Gasteiger partial charge in [0.05, 0.1) is 23.7 Å². The average Bonchev–Trinajstić information content (AvgIpc) is 2.67. The number of hydrogen-bond acceptors (Lipinski definition) is 4. The summed E-state index contributed by atoms with van der Waals surface area (Å²) in [5.41, 5.74) is 1.18. The number of hydrogen-bond donors (Lipinski definition) is 0. The van der Waals surface area contributed by atoms with E-state index in [4.69, 9.17) is 14.0 Å². The quantitative estimate of drug-likeness (QED) is 0.634. The fourth-order valence-electron chi connectivity index (χ4n) is 2.32. The van der Waals surface area contributed by atoms with Gasteiger partial charge in [0.15, 0.2) is 0 Å². The van der Waals surface area contributed by atoms with E-state index in [1.165, 1.54) is 0 Å². The van der Waals surface area contributed by atoms with Crippen molar-refractivity contribution in [3.63, 3.8) is 0 Å². The molecule has 1 aliphatic heterocycles. The van der Waals surface area contributed by atoms with Gasteiger partial charge in [0.2, 0.25) is 0 Å². The van der Waals surface area contributed by atoms with E-state index in [9.17, 15) is 4.79 Å². The molecule has 1 aromatic rings. The monoisotopic (exact) mass is 304 g/mol. The van der Waals surface area contributed by atoms with Crippen molar-refractivity contribution < 1.29 is 18.8 Å². The summed E-state index contributed by atoms with van der Waals surface area (Å²) in [7, 11) is -0.378. The molecule has 2 rings (SSSR count). The van der Waals surface area contributed by atoms with Gasteiger partial charge in [0.25, 0.3) is 0 Å². The maximum absolute atomic E-state index is 11.8. The Morgan fingerprint density at radius 2 is 1.64 bits per heavy atom. The zero-order valence-electron chi connectivity index (χ0n) is 14.3. The molecule has 1 saturated heterocycles. The van der Waals surface area contributed by atoms with E-state index < -0.39 is 0 Å². The second-order valence-electron chi connectivity index (χ2n) is 6.73. The van der Waals surface area contributed by atoms with Crippen LogP contribution in [0.4, 0.5) is 0 Å². The lowest BCUT2D eigenvalue weighted by atomic mass is 9.78. The summed E-state index contributed by atoms with van der Waals surface area (Å²) in [6, 6.07) is 7.77. The van der Waals surface area contributed by atoms with E-state index in [1.54, 1.807) is 0 Å². The molecule has 0 radical (unpaired) electrons. The van der Waals surface area contributed by atoms with Gasteiger partial charge in [0.1, 0.15) is 0 Å². The van der Waals surface area contributed by atoms with Crippen LogP contribution in [0, 0.1) is 0 Å². The van der Waals surface area contributed by atoms with Crippen molar-refractivity contribution in [1.29, 1.82) is 0 Å². The maximum atomic E-state index is 11.8. The fourth-order valence-corrected chi connectivity index (χ4v) is 2.32. The summed E-state index contributed by atoms with van der Waals surface area (Å²) < 4.78 is 17.1. The van der Waals surface area contributed by atoms with Crippen molar-refractivity contribution in [2.24, 2.45) is 0 Å². The first-order valence-electron chi connectivity index (χ1n) is 7.80. The summed E-state index contributed by atoms with van der Waals surface area (Å²) >= 11 is 0. The van der Waals surface area contributed by atoms with Crippen molar-refractivity contribution >= 4 is 18.6 Å². The topological polar surface area (TPSA) is 44.8 Å². The van der Waals surface area contributed by atoms with Gasteiger partial charge < -0.3 is 14.0 Å². The minimum Gasteiger partial charge on any atom is -0.466 e. The first-order valence-corrected chi connectivity index (χ1v) is 7.80. The number of carbonyl (C=O) groups is 1. The second kappa shape index (κ2) is 6.05. The van der Waals surface area contributed by atoms with Gasteiger partial charge in [-0.3, -0.25) is 4.79 Å². The SMILES string of the molecule is CCOC(=O)[C@H](C)c1ccc(B2OC(C)(C)C(C)(C)O2)cc1. The highest BCUT2D eigenvalue weighted by Crippen LogP contribution is 2.36. The average molecular weight is 304 g/mol. The Bertz CT molecular complexity index is 520. The Morgan fingerprint density at radius 1 is 1.14 bits per heavy atom. The van der Waals surface area contributed by atoms with Gasteiger partial charge in [-0.1, -0.05) is 24.3 Å². The highest BCUT2D eigenvalue weighted by atomic mass is 16.7. The molecule has 0 aromatic heterocycles. The molecule has 1 atom stereocenters. The number of esters is 1. The summed E-state index contributed by atoms with van der Waals surface area (Å²) in [5.74, 6) is -0.474. The molecule has 1 heterocycles. The van der Waals surface area contributed by atoms with Gasteiger partial charge in [-0.25, -0.2) is 0 Å². The molecule has 0 bridgehead atoms. The van der Waals surface area contributed by atoms with Crippen LogP contribution < -0.4 is 5.46 Å². The van der Waals surface area contributed by atoms with Crippen LogP contribution in [0.25, 0.3) is 0 Å². The summed E-state index contributed by atoms with van der Waals surface area (Å²) in [6.07, 6.45) is 0. The number of rotatable bonds is 4.